The molecule has 0 aliphatic carbocycles. The number of ketones is 1. The van der Waals surface area contributed by atoms with Crippen LogP contribution in [0.15, 0.2) is 18.2 Å². The number of nitrogens with two attached hydrogens (primary N) is 1. The van der Waals surface area contributed by atoms with Gasteiger partial charge < -0.3 is 16.4 Å². The molecule has 0 saturated heterocycles. The lowest BCUT2D eigenvalue weighted by molar-refractivity contribution is -0.123. The van der Waals surface area contributed by atoms with Crippen LogP contribution in [0.4, 0.5) is 11.4 Å². The third kappa shape index (κ3) is 4.87. The fourth-order valence-electron chi connectivity index (χ4n) is 1.56. The van der Waals surface area contributed by atoms with Crippen LogP contribution in [-0.2, 0) is 9.59 Å². The summed E-state index contributed by atoms with van der Waals surface area (Å²) in [5.41, 5.74) is 6.30. The third-order valence-corrected chi connectivity index (χ3v) is 3.11. The molecule has 0 bridgehead atoms. The van der Waals surface area contributed by atoms with Crippen molar-refractivity contribution in [3.63, 3.8) is 0 Å². The molecule has 0 saturated carbocycles. The first-order chi connectivity index (χ1) is 10.0. The van der Waals surface area contributed by atoms with Gasteiger partial charge in [-0.1, -0.05) is 20.8 Å². The number of rotatable bonds is 4. The molecule has 6 nitrogen and oxygen atoms in total. The molecule has 0 aliphatic rings. The Morgan fingerprint density at radius 2 is 1.73 bits per heavy atom. The maximum atomic E-state index is 12.1. The molecule has 6 heteroatoms. The van der Waals surface area contributed by atoms with Crippen LogP contribution in [0.5, 0.6) is 0 Å². The van der Waals surface area contributed by atoms with Crippen molar-refractivity contribution in [2.45, 2.75) is 40.7 Å². The highest BCUT2D eigenvalue weighted by molar-refractivity contribution is 6.01. The Kier molecular flexibility index (Phi) is 5.30. The number of carbonyl (C=O) groups is 3. The smallest absolute Gasteiger partial charge is 0.252 e. The molecular weight excluding hydrogens is 282 g/mol. The summed E-state index contributed by atoms with van der Waals surface area (Å²) in [6, 6.07) is 4.02. The lowest BCUT2D eigenvalue weighted by atomic mass is 9.95. The van der Waals surface area contributed by atoms with Crippen molar-refractivity contribution in [2.24, 2.45) is 5.41 Å². The molecule has 120 valence electrons. The Bertz CT molecular complexity index is 603. The molecular formula is C16H23N3O3. The van der Waals surface area contributed by atoms with Crippen LogP contribution in [-0.4, -0.2) is 23.6 Å². The van der Waals surface area contributed by atoms with E-state index in [9.17, 15) is 14.4 Å². The van der Waals surface area contributed by atoms with E-state index in [2.05, 4.69) is 10.6 Å². The summed E-state index contributed by atoms with van der Waals surface area (Å²) in [6.07, 6.45) is 0. The largest absolute Gasteiger partial charge is 0.399 e. The summed E-state index contributed by atoms with van der Waals surface area (Å²) in [5, 5.41) is 5.31. The first-order valence-corrected chi connectivity index (χ1v) is 7.04. The zero-order valence-electron chi connectivity index (χ0n) is 13.6. The Morgan fingerprint density at radius 1 is 1.14 bits per heavy atom. The van der Waals surface area contributed by atoms with E-state index in [4.69, 9.17) is 5.73 Å². The molecule has 0 spiro atoms. The van der Waals surface area contributed by atoms with Gasteiger partial charge >= 0.3 is 0 Å². The van der Waals surface area contributed by atoms with E-state index in [1.165, 1.54) is 19.1 Å². The normalized spacial score (nSPS) is 12.4. The van der Waals surface area contributed by atoms with Crippen molar-refractivity contribution in [3.8, 4) is 0 Å². The van der Waals surface area contributed by atoms with Crippen LogP contribution in [0.25, 0.3) is 0 Å². The van der Waals surface area contributed by atoms with Crippen molar-refractivity contribution in [3.05, 3.63) is 23.8 Å². The van der Waals surface area contributed by atoms with Gasteiger partial charge in [-0.05, 0) is 32.0 Å². The topological polar surface area (TPSA) is 101 Å². The molecule has 1 atom stereocenters. The molecule has 0 radical (unpaired) electrons. The number of Topliss-reactive ketones (excluding diaryl/α,β-unsaturated/α-hetero) is 1. The summed E-state index contributed by atoms with van der Waals surface area (Å²) < 4.78 is 0. The van der Waals surface area contributed by atoms with Crippen molar-refractivity contribution < 1.29 is 14.4 Å². The molecule has 1 rings (SSSR count). The average molecular weight is 305 g/mol. The monoisotopic (exact) mass is 305 g/mol. The van der Waals surface area contributed by atoms with Crippen LogP contribution >= 0.6 is 0 Å². The number of hydrogen-bond donors (Lipinski definition) is 3. The Labute approximate surface area is 130 Å². The van der Waals surface area contributed by atoms with E-state index in [1.807, 2.05) is 0 Å². The summed E-state index contributed by atoms with van der Waals surface area (Å²) in [7, 11) is 0. The summed E-state index contributed by atoms with van der Waals surface area (Å²) in [5.74, 6) is -0.735. The Morgan fingerprint density at radius 3 is 2.23 bits per heavy atom. The standard InChI is InChI=1S/C16H23N3O3/c1-9(10(2)20)18-14(21)11-6-12(17)8-13(7-11)19-15(22)16(3,4)5/h6-9H,17H2,1-5H3,(H,18,21)(H,19,22). The molecule has 0 aliphatic heterocycles. The molecule has 0 aromatic heterocycles. The van der Waals surface area contributed by atoms with Crippen molar-refractivity contribution >= 4 is 29.0 Å². The van der Waals surface area contributed by atoms with E-state index in [0.717, 1.165) is 0 Å². The second-order valence-corrected chi connectivity index (χ2v) is 6.35. The molecule has 22 heavy (non-hydrogen) atoms. The van der Waals surface area contributed by atoms with Crippen LogP contribution in [0.2, 0.25) is 0 Å². The van der Waals surface area contributed by atoms with E-state index in [1.54, 1.807) is 33.8 Å². The zero-order valence-corrected chi connectivity index (χ0v) is 13.6. The van der Waals surface area contributed by atoms with Gasteiger partial charge in [-0.2, -0.15) is 0 Å². The van der Waals surface area contributed by atoms with Crippen LogP contribution in [0.1, 0.15) is 45.0 Å². The van der Waals surface area contributed by atoms with E-state index in [-0.39, 0.29) is 17.3 Å². The van der Waals surface area contributed by atoms with Crippen molar-refractivity contribution in [1.29, 1.82) is 0 Å². The minimum absolute atomic E-state index is 0.140. The SMILES string of the molecule is CC(=O)C(C)NC(=O)c1cc(N)cc(NC(=O)C(C)(C)C)c1. The van der Waals surface area contributed by atoms with E-state index < -0.39 is 17.4 Å². The lowest BCUT2D eigenvalue weighted by Crippen LogP contribution is -2.37. The minimum atomic E-state index is -0.582. The Hall–Kier alpha value is -2.37. The number of nitrogens with one attached hydrogen (secondary N) is 2. The summed E-state index contributed by atoms with van der Waals surface area (Å²) in [4.78, 5) is 35.3. The minimum Gasteiger partial charge on any atom is -0.399 e. The van der Waals surface area contributed by atoms with Gasteiger partial charge in [0.25, 0.3) is 5.91 Å². The van der Waals surface area contributed by atoms with E-state index in [0.29, 0.717) is 11.4 Å². The highest BCUT2D eigenvalue weighted by atomic mass is 16.2. The quantitative estimate of drug-likeness (QED) is 0.740. The number of benzene rings is 1. The van der Waals surface area contributed by atoms with Crippen LogP contribution in [0.3, 0.4) is 0 Å². The molecule has 1 aromatic rings. The molecule has 2 amide bonds. The predicted octanol–water partition coefficient (Wildman–Crippen LogP) is 1.96. The van der Waals surface area contributed by atoms with Gasteiger partial charge in [-0.15, -0.1) is 0 Å². The second kappa shape index (κ2) is 6.60. The fourth-order valence-corrected chi connectivity index (χ4v) is 1.56. The van der Waals surface area contributed by atoms with Gasteiger partial charge in [0.05, 0.1) is 6.04 Å². The lowest BCUT2D eigenvalue weighted by Gasteiger charge is -2.18. The van der Waals surface area contributed by atoms with Gasteiger partial charge in [0.1, 0.15) is 0 Å². The molecule has 0 fully saturated rings. The summed E-state index contributed by atoms with van der Waals surface area (Å²) >= 11 is 0. The highest BCUT2D eigenvalue weighted by Gasteiger charge is 2.22. The maximum absolute atomic E-state index is 12.1. The molecule has 4 N–H and O–H groups in total. The van der Waals surface area contributed by atoms with Gasteiger partial charge in [0, 0.05) is 22.4 Å². The van der Waals surface area contributed by atoms with E-state index >= 15 is 0 Å². The average Bonchev–Trinajstić information content (AvgIpc) is 2.36. The van der Waals surface area contributed by atoms with Crippen LogP contribution < -0.4 is 16.4 Å². The number of amides is 2. The number of anilines is 2. The molecule has 0 heterocycles. The fraction of sp³-hybridized carbons (Fsp3) is 0.438. The van der Waals surface area contributed by atoms with Crippen molar-refractivity contribution in [2.75, 3.05) is 11.1 Å². The van der Waals surface area contributed by atoms with Gasteiger partial charge in [0.2, 0.25) is 5.91 Å². The van der Waals surface area contributed by atoms with Gasteiger partial charge in [-0.25, -0.2) is 0 Å². The number of hydrogen-bond acceptors (Lipinski definition) is 4. The zero-order chi connectivity index (χ0) is 17.1. The van der Waals surface area contributed by atoms with Crippen LogP contribution in [0, 0.1) is 5.41 Å². The maximum Gasteiger partial charge on any atom is 0.252 e. The first-order valence-electron chi connectivity index (χ1n) is 7.04. The number of nitrogen functional groups attached to an aromatic ring is 1. The van der Waals surface area contributed by atoms with Gasteiger partial charge in [-0.3, -0.25) is 14.4 Å². The van der Waals surface area contributed by atoms with Crippen molar-refractivity contribution in [1.82, 2.24) is 5.32 Å². The third-order valence-electron chi connectivity index (χ3n) is 3.11. The summed E-state index contributed by atoms with van der Waals surface area (Å²) in [6.45, 7) is 8.37. The predicted molar refractivity (Wildman–Crippen MR) is 86.5 cm³/mol. The molecule has 1 aromatic carbocycles. The van der Waals surface area contributed by atoms with Gasteiger partial charge in [0.15, 0.2) is 5.78 Å². The highest BCUT2D eigenvalue weighted by Crippen LogP contribution is 2.21. The first kappa shape index (κ1) is 17.7. The molecule has 1 unspecified atom stereocenters. The second-order valence-electron chi connectivity index (χ2n) is 6.35. The number of carbonyl (C=O) groups excluding carboxylic acids is 3. The Balaban J connectivity index is 2.97.